The van der Waals surface area contributed by atoms with Gasteiger partial charge in [-0.05, 0) is 0 Å². The van der Waals surface area contributed by atoms with Gasteiger partial charge in [0.15, 0.2) is 0 Å². The van der Waals surface area contributed by atoms with Gasteiger partial charge in [-0.1, -0.05) is 0 Å². The molecule has 0 spiro atoms. The Kier molecular flexibility index (Phi) is 7.72. The standard InChI is InChI=1S/2C3H3NS.Cu/c2*1-2-5-3-4-1;/h2*1-3H;/q;;+1. The van der Waals surface area contributed by atoms with Gasteiger partial charge in [0.2, 0.25) is 0 Å². The molecule has 5 heteroatoms. The Morgan fingerprint density at radius 2 is 1.27 bits per heavy atom. The van der Waals surface area contributed by atoms with Crippen LogP contribution in [0.3, 0.4) is 0 Å². The monoisotopic (exact) mass is 233 g/mol. The third-order valence-corrected chi connectivity index (χ3v) is 1.74. The molecule has 0 N–H and O–H groups in total. The molecule has 0 amide bonds. The van der Waals surface area contributed by atoms with Crippen molar-refractivity contribution in [3.63, 3.8) is 0 Å². The molecule has 0 atom stereocenters. The SMILES string of the molecule is [Cu+].c1cscn1.c1cscn1. The molecule has 2 aromatic heterocycles. The van der Waals surface area contributed by atoms with Crippen LogP contribution in [0.4, 0.5) is 0 Å². The minimum absolute atomic E-state index is 0. The number of hydrogen-bond donors (Lipinski definition) is 0. The molecular formula is C6H6CuN2S2+. The Hall–Kier alpha value is -0.221. The van der Waals surface area contributed by atoms with Crippen molar-refractivity contribution in [3.05, 3.63) is 34.2 Å². The summed E-state index contributed by atoms with van der Waals surface area (Å²) in [6.07, 6.45) is 3.54. The van der Waals surface area contributed by atoms with E-state index in [0.717, 1.165) is 0 Å². The molecule has 0 saturated heterocycles. The zero-order valence-corrected chi connectivity index (χ0v) is 8.05. The van der Waals surface area contributed by atoms with Crippen LogP contribution in [-0.2, 0) is 17.1 Å². The normalized spacial score (nSPS) is 7.27. The second-order valence-corrected chi connectivity index (χ2v) is 2.86. The molecule has 0 saturated carbocycles. The van der Waals surface area contributed by atoms with E-state index in [1.165, 1.54) is 0 Å². The van der Waals surface area contributed by atoms with Gasteiger partial charge < -0.3 is 0 Å². The van der Waals surface area contributed by atoms with E-state index in [1.807, 2.05) is 10.8 Å². The molecule has 62 valence electrons. The summed E-state index contributed by atoms with van der Waals surface area (Å²) in [4.78, 5) is 7.48. The molecule has 0 aromatic carbocycles. The number of thiazole rings is 2. The molecule has 0 bridgehead atoms. The first kappa shape index (κ1) is 10.8. The van der Waals surface area contributed by atoms with E-state index in [4.69, 9.17) is 0 Å². The molecule has 11 heavy (non-hydrogen) atoms. The summed E-state index contributed by atoms with van der Waals surface area (Å²) in [5.74, 6) is 0. The fourth-order valence-corrected chi connectivity index (χ4v) is 1.05. The van der Waals surface area contributed by atoms with Crippen molar-refractivity contribution in [1.29, 1.82) is 0 Å². The molecule has 2 rings (SSSR count). The van der Waals surface area contributed by atoms with E-state index in [1.54, 1.807) is 46.1 Å². The molecule has 0 unspecified atom stereocenters. The minimum atomic E-state index is 0. The van der Waals surface area contributed by atoms with Crippen molar-refractivity contribution in [1.82, 2.24) is 9.97 Å². The molecule has 0 aliphatic heterocycles. The Morgan fingerprint density at radius 1 is 0.818 bits per heavy atom. The Bertz CT molecular complexity index is 158. The summed E-state index contributed by atoms with van der Waals surface area (Å²) in [5, 5.41) is 3.86. The third-order valence-electron chi connectivity index (χ3n) is 0.694. The maximum absolute atomic E-state index is 3.74. The van der Waals surface area contributed by atoms with E-state index in [9.17, 15) is 0 Å². The summed E-state index contributed by atoms with van der Waals surface area (Å²) in [6, 6.07) is 0. The predicted molar refractivity (Wildman–Crippen MR) is 44.2 cm³/mol. The second-order valence-electron chi connectivity index (χ2n) is 1.35. The number of nitrogens with zero attached hydrogens (tertiary/aromatic N) is 2. The van der Waals surface area contributed by atoms with E-state index in [2.05, 4.69) is 9.97 Å². The van der Waals surface area contributed by atoms with E-state index < -0.39 is 0 Å². The third kappa shape index (κ3) is 6.19. The fraction of sp³-hybridized carbons (Fsp3) is 0. The van der Waals surface area contributed by atoms with Crippen LogP contribution in [0.5, 0.6) is 0 Å². The summed E-state index contributed by atoms with van der Waals surface area (Å²) >= 11 is 3.20. The second kappa shape index (κ2) is 7.88. The van der Waals surface area contributed by atoms with Gasteiger partial charge in [-0.15, -0.1) is 22.7 Å². The average Bonchev–Trinajstić information content (AvgIpc) is 2.67. The average molecular weight is 234 g/mol. The molecule has 0 aliphatic rings. The number of rotatable bonds is 0. The zero-order valence-electron chi connectivity index (χ0n) is 5.48. The Labute approximate surface area is 83.8 Å². The van der Waals surface area contributed by atoms with Gasteiger partial charge in [-0.3, -0.25) is 9.97 Å². The molecule has 0 fully saturated rings. The molecule has 0 radical (unpaired) electrons. The van der Waals surface area contributed by atoms with Gasteiger partial charge in [0, 0.05) is 23.2 Å². The van der Waals surface area contributed by atoms with Crippen LogP contribution < -0.4 is 0 Å². The van der Waals surface area contributed by atoms with Crippen LogP contribution in [0.1, 0.15) is 0 Å². The number of hydrogen-bond acceptors (Lipinski definition) is 4. The van der Waals surface area contributed by atoms with Crippen LogP contribution in [-0.4, -0.2) is 9.97 Å². The molecule has 2 aromatic rings. The van der Waals surface area contributed by atoms with Crippen molar-refractivity contribution in [2.45, 2.75) is 0 Å². The van der Waals surface area contributed by atoms with Crippen molar-refractivity contribution in [2.24, 2.45) is 0 Å². The fourth-order valence-electron chi connectivity index (χ4n) is 0.351. The van der Waals surface area contributed by atoms with E-state index >= 15 is 0 Å². The van der Waals surface area contributed by atoms with Crippen molar-refractivity contribution < 1.29 is 17.1 Å². The Balaban J connectivity index is 0.000000167. The smallest absolute Gasteiger partial charge is 0.253 e. The van der Waals surface area contributed by atoms with Gasteiger partial charge in [0.1, 0.15) is 0 Å². The van der Waals surface area contributed by atoms with Crippen LogP contribution in [0.15, 0.2) is 34.2 Å². The summed E-state index contributed by atoms with van der Waals surface area (Å²) in [6.45, 7) is 0. The van der Waals surface area contributed by atoms with Gasteiger partial charge in [0.25, 0.3) is 0 Å². The predicted octanol–water partition coefficient (Wildman–Crippen LogP) is 2.28. The maximum Gasteiger partial charge on any atom is 1.00 e. The van der Waals surface area contributed by atoms with Crippen molar-refractivity contribution in [2.75, 3.05) is 0 Å². The van der Waals surface area contributed by atoms with Crippen LogP contribution in [0.25, 0.3) is 0 Å². The first-order valence-corrected chi connectivity index (χ1v) is 4.53. The van der Waals surface area contributed by atoms with Crippen LogP contribution >= 0.6 is 22.7 Å². The summed E-state index contributed by atoms with van der Waals surface area (Å²) in [5.41, 5.74) is 3.58. The van der Waals surface area contributed by atoms with Gasteiger partial charge in [-0.25, -0.2) is 0 Å². The van der Waals surface area contributed by atoms with E-state index in [-0.39, 0.29) is 17.1 Å². The van der Waals surface area contributed by atoms with Crippen molar-refractivity contribution >= 4 is 22.7 Å². The quantitative estimate of drug-likeness (QED) is 0.653. The van der Waals surface area contributed by atoms with Gasteiger partial charge >= 0.3 is 17.1 Å². The first-order chi connectivity index (χ1) is 5.00. The van der Waals surface area contributed by atoms with Crippen LogP contribution in [0.2, 0.25) is 0 Å². The van der Waals surface area contributed by atoms with Crippen molar-refractivity contribution in [3.8, 4) is 0 Å². The topological polar surface area (TPSA) is 25.8 Å². The largest absolute Gasteiger partial charge is 1.00 e. The van der Waals surface area contributed by atoms with Gasteiger partial charge in [-0.2, -0.15) is 0 Å². The molecule has 2 heterocycles. The summed E-state index contributed by atoms with van der Waals surface area (Å²) < 4.78 is 0. The summed E-state index contributed by atoms with van der Waals surface area (Å²) in [7, 11) is 0. The molecular weight excluding hydrogens is 228 g/mol. The van der Waals surface area contributed by atoms with E-state index in [0.29, 0.717) is 0 Å². The maximum atomic E-state index is 3.74. The molecule has 0 aliphatic carbocycles. The number of aromatic nitrogens is 2. The van der Waals surface area contributed by atoms with Crippen LogP contribution in [0, 0.1) is 0 Å². The first-order valence-electron chi connectivity index (χ1n) is 2.64. The Morgan fingerprint density at radius 3 is 1.36 bits per heavy atom. The van der Waals surface area contributed by atoms with Gasteiger partial charge in [0.05, 0.1) is 11.0 Å². The zero-order chi connectivity index (χ0) is 7.07. The minimum Gasteiger partial charge on any atom is -0.253 e. The molecule has 2 nitrogen and oxygen atoms in total.